The Balaban J connectivity index is 1.58. The summed E-state index contributed by atoms with van der Waals surface area (Å²) in [5.41, 5.74) is -0.0845. The first kappa shape index (κ1) is 17.2. The van der Waals surface area contributed by atoms with Gasteiger partial charge in [0.25, 0.3) is 0 Å². The number of morpholine rings is 1. The highest BCUT2D eigenvalue weighted by Crippen LogP contribution is 2.32. The largest absolute Gasteiger partial charge is 0.379 e. The van der Waals surface area contributed by atoms with Gasteiger partial charge in [0.2, 0.25) is 0 Å². The molecule has 9 heteroatoms. The van der Waals surface area contributed by atoms with E-state index in [1.165, 1.54) is 12.3 Å². The van der Waals surface area contributed by atoms with Crippen molar-refractivity contribution in [2.24, 2.45) is 0 Å². The molecule has 1 aromatic rings. The Morgan fingerprint density at radius 3 is 2.67 bits per heavy atom. The Morgan fingerprint density at radius 2 is 2.00 bits per heavy atom. The Bertz CT molecular complexity index is 554. The monoisotopic (exact) mass is 354 g/mol. The van der Waals surface area contributed by atoms with E-state index in [1.54, 1.807) is 0 Å². The van der Waals surface area contributed by atoms with Crippen LogP contribution in [0.1, 0.15) is 12.8 Å². The zero-order valence-corrected chi connectivity index (χ0v) is 14.3. The second kappa shape index (κ2) is 8.00. The first-order valence-electron chi connectivity index (χ1n) is 8.10. The maximum atomic E-state index is 12.1. The lowest BCUT2D eigenvalue weighted by molar-refractivity contribution is -0.136. The number of ether oxygens (including phenoxy) is 1. The van der Waals surface area contributed by atoms with Crippen LogP contribution in [0.5, 0.6) is 0 Å². The number of hydrogen-bond donors (Lipinski definition) is 2. The third kappa shape index (κ3) is 4.08. The van der Waals surface area contributed by atoms with Gasteiger partial charge in [-0.2, -0.15) is 11.8 Å². The molecule has 1 aromatic heterocycles. The molecule has 0 aromatic carbocycles. The average Bonchev–Trinajstić information content (AvgIpc) is 3.14. The fourth-order valence-electron chi connectivity index (χ4n) is 3.17. The normalized spacial score (nSPS) is 21.2. The number of nitrogens with zero attached hydrogens (tertiary/aromatic N) is 2. The molecule has 2 N–H and O–H groups in total. The Hall–Kier alpha value is -1.58. The van der Waals surface area contributed by atoms with Crippen LogP contribution in [0.4, 0.5) is 5.82 Å². The van der Waals surface area contributed by atoms with Crippen molar-refractivity contribution in [2.75, 3.05) is 49.7 Å². The van der Waals surface area contributed by atoms with Crippen molar-refractivity contribution >= 4 is 29.4 Å². The summed E-state index contributed by atoms with van der Waals surface area (Å²) in [5, 5.41) is 8.77. The number of nitrogens with one attached hydrogen (secondary N) is 2. The number of aromatic nitrogens is 1. The molecular weight excluding hydrogens is 332 g/mol. The van der Waals surface area contributed by atoms with Crippen LogP contribution in [-0.4, -0.2) is 71.8 Å². The van der Waals surface area contributed by atoms with Crippen LogP contribution in [-0.2, 0) is 14.3 Å². The fraction of sp³-hybridized carbons (Fsp3) is 0.667. The SMILES string of the molecule is O=C(NCC1(N2CCOCC2)CCSCC1)C(=O)Nc1ccon1. The lowest BCUT2D eigenvalue weighted by Crippen LogP contribution is -2.61. The summed E-state index contributed by atoms with van der Waals surface area (Å²) >= 11 is 1.94. The molecule has 0 unspecified atom stereocenters. The number of rotatable bonds is 4. The predicted octanol–water partition coefficient (Wildman–Crippen LogP) is 0.327. The average molecular weight is 354 g/mol. The van der Waals surface area contributed by atoms with Crippen molar-refractivity contribution in [1.29, 1.82) is 0 Å². The second-order valence-corrected chi connectivity index (χ2v) is 7.18. The number of thioether (sulfide) groups is 1. The van der Waals surface area contributed by atoms with Crippen molar-refractivity contribution < 1.29 is 18.8 Å². The molecule has 3 rings (SSSR count). The Kier molecular flexibility index (Phi) is 5.75. The van der Waals surface area contributed by atoms with Gasteiger partial charge < -0.3 is 14.6 Å². The van der Waals surface area contributed by atoms with E-state index in [9.17, 15) is 9.59 Å². The van der Waals surface area contributed by atoms with Crippen molar-refractivity contribution in [3.63, 3.8) is 0 Å². The summed E-state index contributed by atoms with van der Waals surface area (Å²) in [5.74, 6) is 0.985. The van der Waals surface area contributed by atoms with Gasteiger partial charge >= 0.3 is 11.8 Å². The minimum atomic E-state index is -0.730. The van der Waals surface area contributed by atoms with Crippen molar-refractivity contribution in [3.8, 4) is 0 Å². The van der Waals surface area contributed by atoms with E-state index in [0.29, 0.717) is 6.54 Å². The molecule has 132 valence electrons. The lowest BCUT2D eigenvalue weighted by atomic mass is 9.89. The standard InChI is InChI=1S/C15H22N4O4S/c20-13(14(21)17-12-1-6-23-18-12)16-11-15(2-9-24-10-3-15)19-4-7-22-8-5-19/h1,6H,2-5,7-11H2,(H,16,20)(H,17,18,21). The fourth-order valence-corrected chi connectivity index (χ4v) is 4.42. The maximum absolute atomic E-state index is 12.1. The van der Waals surface area contributed by atoms with Crippen LogP contribution in [0.15, 0.2) is 16.9 Å². The van der Waals surface area contributed by atoms with Gasteiger partial charge in [-0.15, -0.1) is 0 Å². The van der Waals surface area contributed by atoms with Gasteiger partial charge in [-0.25, -0.2) is 0 Å². The first-order valence-corrected chi connectivity index (χ1v) is 9.25. The summed E-state index contributed by atoms with van der Waals surface area (Å²) in [6, 6.07) is 1.48. The van der Waals surface area contributed by atoms with Gasteiger partial charge in [0.15, 0.2) is 5.82 Å². The van der Waals surface area contributed by atoms with Crippen molar-refractivity contribution in [3.05, 3.63) is 12.3 Å². The van der Waals surface area contributed by atoms with E-state index in [2.05, 4.69) is 25.2 Å². The number of hydrogen-bond acceptors (Lipinski definition) is 7. The third-order valence-electron chi connectivity index (χ3n) is 4.57. The van der Waals surface area contributed by atoms with E-state index in [0.717, 1.165) is 50.7 Å². The summed E-state index contributed by atoms with van der Waals surface area (Å²) in [4.78, 5) is 26.4. The van der Waals surface area contributed by atoms with Crippen molar-refractivity contribution in [1.82, 2.24) is 15.4 Å². The highest BCUT2D eigenvalue weighted by molar-refractivity contribution is 7.99. The van der Waals surface area contributed by atoms with Crippen LogP contribution in [0.3, 0.4) is 0 Å². The summed E-state index contributed by atoms with van der Waals surface area (Å²) in [6.07, 6.45) is 3.34. The summed E-state index contributed by atoms with van der Waals surface area (Å²) in [7, 11) is 0. The van der Waals surface area contributed by atoms with E-state index >= 15 is 0 Å². The molecule has 24 heavy (non-hydrogen) atoms. The molecule has 8 nitrogen and oxygen atoms in total. The molecular formula is C15H22N4O4S. The molecule has 3 heterocycles. The van der Waals surface area contributed by atoms with Crippen LogP contribution >= 0.6 is 11.8 Å². The molecule has 2 aliphatic heterocycles. The van der Waals surface area contributed by atoms with Crippen molar-refractivity contribution in [2.45, 2.75) is 18.4 Å². The van der Waals surface area contributed by atoms with E-state index in [4.69, 9.17) is 4.74 Å². The van der Waals surface area contributed by atoms with E-state index in [-0.39, 0.29) is 11.4 Å². The quantitative estimate of drug-likeness (QED) is 0.752. The molecule has 2 aliphatic rings. The van der Waals surface area contributed by atoms with E-state index < -0.39 is 11.8 Å². The summed E-state index contributed by atoms with van der Waals surface area (Å²) < 4.78 is 10.1. The van der Waals surface area contributed by atoms with Crippen LogP contribution < -0.4 is 10.6 Å². The molecule has 2 fully saturated rings. The molecule has 0 bridgehead atoms. The molecule has 0 saturated carbocycles. The Labute approximate surface area is 144 Å². The molecule has 2 amide bonds. The smallest absolute Gasteiger partial charge is 0.314 e. The molecule has 0 atom stereocenters. The highest BCUT2D eigenvalue weighted by Gasteiger charge is 2.39. The minimum Gasteiger partial charge on any atom is -0.379 e. The maximum Gasteiger partial charge on any atom is 0.314 e. The predicted molar refractivity (Wildman–Crippen MR) is 89.8 cm³/mol. The zero-order valence-electron chi connectivity index (χ0n) is 13.5. The molecule has 0 aliphatic carbocycles. The number of carbonyl (C=O) groups excluding carboxylic acids is 2. The topological polar surface area (TPSA) is 96.7 Å². The van der Waals surface area contributed by atoms with Crippen LogP contribution in [0, 0.1) is 0 Å². The van der Waals surface area contributed by atoms with Gasteiger partial charge in [0, 0.05) is 31.2 Å². The lowest BCUT2D eigenvalue weighted by Gasteiger charge is -2.47. The third-order valence-corrected chi connectivity index (χ3v) is 5.55. The number of anilines is 1. The molecule has 2 saturated heterocycles. The number of amides is 2. The summed E-state index contributed by atoms with van der Waals surface area (Å²) in [6.45, 7) is 3.64. The highest BCUT2D eigenvalue weighted by atomic mass is 32.2. The van der Waals surface area contributed by atoms with E-state index in [1.807, 2.05) is 11.8 Å². The Morgan fingerprint density at radius 1 is 1.25 bits per heavy atom. The van der Waals surface area contributed by atoms with Crippen LogP contribution in [0.25, 0.3) is 0 Å². The van der Waals surface area contributed by atoms with Gasteiger partial charge in [-0.3, -0.25) is 19.8 Å². The second-order valence-electron chi connectivity index (χ2n) is 5.96. The van der Waals surface area contributed by atoms with Gasteiger partial charge in [-0.05, 0) is 24.3 Å². The zero-order chi connectivity index (χ0) is 16.8. The van der Waals surface area contributed by atoms with Crippen LogP contribution in [0.2, 0.25) is 0 Å². The minimum absolute atomic E-state index is 0.0845. The number of carbonyl (C=O) groups is 2. The molecule has 0 radical (unpaired) electrons. The van der Waals surface area contributed by atoms with Gasteiger partial charge in [0.05, 0.1) is 13.2 Å². The van der Waals surface area contributed by atoms with Gasteiger partial charge in [-0.1, -0.05) is 5.16 Å². The molecule has 0 spiro atoms. The first-order chi connectivity index (χ1) is 11.7. The van der Waals surface area contributed by atoms with Gasteiger partial charge in [0.1, 0.15) is 6.26 Å².